The van der Waals surface area contributed by atoms with Crippen LogP contribution in [0.2, 0.25) is 5.02 Å². The second-order valence-electron chi connectivity index (χ2n) is 7.90. The second-order valence-corrected chi connectivity index (χ2v) is 8.31. The van der Waals surface area contributed by atoms with E-state index in [1.807, 2.05) is 30.2 Å². The molecule has 1 spiro atoms. The Bertz CT molecular complexity index is 873. The summed E-state index contributed by atoms with van der Waals surface area (Å²) in [5.41, 5.74) is 2.54. The number of aromatic nitrogens is 2. The standard InChI is InChI=1S/C20H25ClN4O2/c1-4-24-9-20(11-27-12-20)10-25-8-14(5-17(25)19(24)26)15-6-18(23-13(2)3)22-7-16(15)21/h5-8,13H,4,9-12H2,1-3H3,(H,22,23). The Labute approximate surface area is 164 Å². The average Bonchev–Trinajstić information content (AvgIpc) is 2.96. The van der Waals surface area contributed by atoms with Crippen LogP contribution in [-0.2, 0) is 11.3 Å². The largest absolute Gasteiger partial charge is 0.380 e. The predicted molar refractivity (Wildman–Crippen MR) is 106 cm³/mol. The Balaban J connectivity index is 1.75. The lowest BCUT2D eigenvalue weighted by Gasteiger charge is -2.42. The lowest BCUT2D eigenvalue weighted by atomic mass is 9.85. The number of pyridine rings is 1. The molecule has 27 heavy (non-hydrogen) atoms. The summed E-state index contributed by atoms with van der Waals surface area (Å²) in [6, 6.07) is 4.17. The Kier molecular flexibility index (Phi) is 4.64. The molecular formula is C20H25ClN4O2. The van der Waals surface area contributed by atoms with Crippen LogP contribution in [0.1, 0.15) is 31.3 Å². The predicted octanol–water partition coefficient (Wildman–Crippen LogP) is 3.52. The third kappa shape index (κ3) is 3.32. The van der Waals surface area contributed by atoms with Gasteiger partial charge in [-0.05, 0) is 32.9 Å². The fourth-order valence-electron chi connectivity index (χ4n) is 3.88. The van der Waals surface area contributed by atoms with Gasteiger partial charge in [0.05, 0.1) is 23.7 Å². The van der Waals surface area contributed by atoms with Crippen molar-refractivity contribution in [3.05, 3.63) is 35.2 Å². The molecule has 0 radical (unpaired) electrons. The van der Waals surface area contributed by atoms with E-state index in [-0.39, 0.29) is 17.4 Å². The maximum absolute atomic E-state index is 13.0. The highest BCUT2D eigenvalue weighted by Gasteiger charge is 2.44. The van der Waals surface area contributed by atoms with E-state index in [4.69, 9.17) is 16.3 Å². The number of hydrogen-bond acceptors (Lipinski definition) is 4. The number of rotatable bonds is 4. The van der Waals surface area contributed by atoms with Crippen LogP contribution < -0.4 is 5.32 Å². The zero-order valence-corrected chi connectivity index (χ0v) is 16.7. The average molecular weight is 389 g/mol. The van der Waals surface area contributed by atoms with Gasteiger partial charge in [-0.2, -0.15) is 0 Å². The number of carbonyl (C=O) groups excluding carboxylic acids is 1. The topological polar surface area (TPSA) is 59.4 Å². The molecule has 1 amide bonds. The van der Waals surface area contributed by atoms with Crippen LogP contribution in [0.15, 0.2) is 24.5 Å². The molecule has 0 atom stereocenters. The van der Waals surface area contributed by atoms with Gasteiger partial charge >= 0.3 is 0 Å². The number of amides is 1. The Morgan fingerprint density at radius 2 is 2.11 bits per heavy atom. The third-order valence-electron chi connectivity index (χ3n) is 5.24. The zero-order chi connectivity index (χ0) is 19.2. The van der Waals surface area contributed by atoms with Crippen LogP contribution in [0, 0.1) is 5.41 Å². The van der Waals surface area contributed by atoms with Crippen LogP contribution in [0.5, 0.6) is 0 Å². The summed E-state index contributed by atoms with van der Waals surface area (Å²) in [5.74, 6) is 0.842. The van der Waals surface area contributed by atoms with Crippen molar-refractivity contribution >= 4 is 23.3 Å². The molecule has 4 heterocycles. The molecule has 0 bridgehead atoms. The fourth-order valence-corrected chi connectivity index (χ4v) is 4.09. The molecule has 0 unspecified atom stereocenters. The minimum Gasteiger partial charge on any atom is -0.380 e. The number of ether oxygens (including phenoxy) is 1. The van der Waals surface area contributed by atoms with E-state index < -0.39 is 0 Å². The molecule has 1 saturated heterocycles. The van der Waals surface area contributed by atoms with Gasteiger partial charge < -0.3 is 19.5 Å². The molecule has 0 aliphatic carbocycles. The quantitative estimate of drug-likeness (QED) is 0.870. The number of anilines is 1. The first-order chi connectivity index (χ1) is 12.9. The van der Waals surface area contributed by atoms with Gasteiger partial charge in [0.2, 0.25) is 0 Å². The van der Waals surface area contributed by atoms with Crippen LogP contribution in [-0.4, -0.2) is 52.7 Å². The van der Waals surface area contributed by atoms with Gasteiger partial charge in [0, 0.05) is 49.2 Å². The highest BCUT2D eigenvalue weighted by molar-refractivity contribution is 6.33. The maximum atomic E-state index is 13.0. The molecule has 2 aliphatic rings. The van der Waals surface area contributed by atoms with E-state index in [0.29, 0.717) is 30.5 Å². The molecule has 2 aromatic rings. The van der Waals surface area contributed by atoms with Gasteiger partial charge in [0.1, 0.15) is 11.5 Å². The van der Waals surface area contributed by atoms with Crippen molar-refractivity contribution in [2.24, 2.45) is 5.41 Å². The molecule has 4 rings (SSSR count). The van der Waals surface area contributed by atoms with Crippen molar-refractivity contribution in [1.82, 2.24) is 14.5 Å². The van der Waals surface area contributed by atoms with Crippen molar-refractivity contribution in [3.8, 4) is 11.1 Å². The van der Waals surface area contributed by atoms with E-state index in [9.17, 15) is 4.79 Å². The Morgan fingerprint density at radius 3 is 2.74 bits per heavy atom. The van der Waals surface area contributed by atoms with Crippen LogP contribution in [0.25, 0.3) is 11.1 Å². The first-order valence-corrected chi connectivity index (χ1v) is 9.78. The van der Waals surface area contributed by atoms with E-state index in [2.05, 4.69) is 28.7 Å². The van der Waals surface area contributed by atoms with Gasteiger partial charge in [-0.1, -0.05) is 11.6 Å². The Morgan fingerprint density at radius 1 is 1.33 bits per heavy atom. The normalized spacial score (nSPS) is 18.4. The van der Waals surface area contributed by atoms with Gasteiger partial charge in [0.25, 0.3) is 5.91 Å². The van der Waals surface area contributed by atoms with Gasteiger partial charge in [-0.25, -0.2) is 4.98 Å². The highest BCUT2D eigenvalue weighted by Crippen LogP contribution is 2.37. The summed E-state index contributed by atoms with van der Waals surface area (Å²) in [5, 5.41) is 3.88. The summed E-state index contributed by atoms with van der Waals surface area (Å²) in [4.78, 5) is 19.3. The number of nitrogens with zero attached hydrogens (tertiary/aromatic N) is 3. The minimum absolute atomic E-state index is 0.0135. The van der Waals surface area contributed by atoms with Crippen molar-refractivity contribution in [2.45, 2.75) is 33.4 Å². The molecule has 1 N–H and O–H groups in total. The molecule has 0 aromatic carbocycles. The SMILES string of the molecule is CCN1CC2(COC2)Cn2cc(-c3cc(NC(C)C)ncc3Cl)cc2C1=O. The van der Waals surface area contributed by atoms with Crippen molar-refractivity contribution in [2.75, 3.05) is 31.6 Å². The van der Waals surface area contributed by atoms with Gasteiger partial charge in [-0.3, -0.25) is 4.79 Å². The molecule has 7 heteroatoms. The first kappa shape index (κ1) is 18.3. The summed E-state index contributed by atoms with van der Waals surface area (Å²) in [6.45, 7) is 9.77. The molecule has 144 valence electrons. The molecule has 1 fully saturated rings. The number of hydrogen-bond donors (Lipinski definition) is 1. The summed E-state index contributed by atoms with van der Waals surface area (Å²) in [6.07, 6.45) is 3.69. The fraction of sp³-hybridized carbons (Fsp3) is 0.500. The van der Waals surface area contributed by atoms with Crippen molar-refractivity contribution in [1.29, 1.82) is 0 Å². The number of nitrogens with one attached hydrogen (secondary N) is 1. The Hall–Kier alpha value is -2.05. The van der Waals surface area contributed by atoms with Gasteiger partial charge in [0.15, 0.2) is 0 Å². The zero-order valence-electron chi connectivity index (χ0n) is 16.0. The van der Waals surface area contributed by atoms with E-state index in [1.54, 1.807) is 6.20 Å². The second kappa shape index (κ2) is 6.84. The molecule has 0 saturated carbocycles. The molecule has 2 aliphatic heterocycles. The van der Waals surface area contributed by atoms with Crippen LogP contribution in [0.4, 0.5) is 5.82 Å². The molecule has 2 aromatic heterocycles. The van der Waals surface area contributed by atoms with Crippen LogP contribution in [0.3, 0.4) is 0 Å². The number of halogens is 1. The first-order valence-electron chi connectivity index (χ1n) is 9.40. The number of carbonyl (C=O) groups is 1. The number of fused-ring (bicyclic) bond motifs is 1. The van der Waals surface area contributed by atoms with E-state index in [1.165, 1.54) is 0 Å². The van der Waals surface area contributed by atoms with Crippen molar-refractivity contribution in [3.63, 3.8) is 0 Å². The van der Waals surface area contributed by atoms with Gasteiger partial charge in [-0.15, -0.1) is 0 Å². The third-order valence-corrected chi connectivity index (χ3v) is 5.54. The lowest BCUT2D eigenvalue weighted by molar-refractivity contribution is -0.128. The van der Waals surface area contributed by atoms with E-state index in [0.717, 1.165) is 30.0 Å². The van der Waals surface area contributed by atoms with Crippen LogP contribution >= 0.6 is 11.6 Å². The smallest absolute Gasteiger partial charge is 0.270 e. The summed E-state index contributed by atoms with van der Waals surface area (Å²) >= 11 is 6.44. The summed E-state index contributed by atoms with van der Waals surface area (Å²) < 4.78 is 7.56. The lowest BCUT2D eigenvalue weighted by Crippen LogP contribution is -2.52. The highest BCUT2D eigenvalue weighted by atomic mass is 35.5. The van der Waals surface area contributed by atoms with E-state index >= 15 is 0 Å². The minimum atomic E-state index is 0.0135. The molecule has 6 nitrogen and oxygen atoms in total. The maximum Gasteiger partial charge on any atom is 0.270 e. The van der Waals surface area contributed by atoms with Crippen molar-refractivity contribution < 1.29 is 9.53 Å². The molecular weight excluding hydrogens is 364 g/mol. The summed E-state index contributed by atoms with van der Waals surface area (Å²) in [7, 11) is 0. The monoisotopic (exact) mass is 388 g/mol.